The molecule has 6 nitrogen and oxygen atoms in total. The zero-order valence-corrected chi connectivity index (χ0v) is 10.8. The number of aliphatic imine (C=N–C) groups is 1. The van der Waals surface area contributed by atoms with E-state index in [0.29, 0.717) is 13.0 Å². The van der Waals surface area contributed by atoms with E-state index in [1.54, 1.807) is 14.2 Å². The normalized spacial score (nSPS) is 47.2. The van der Waals surface area contributed by atoms with Gasteiger partial charge in [-0.2, -0.15) is 0 Å². The molecule has 1 heterocycles. The molecule has 6 heteroatoms. The molecule has 2 aliphatic rings. The third-order valence-electron chi connectivity index (χ3n) is 4.02. The minimum atomic E-state index is -0.742. The van der Waals surface area contributed by atoms with Crippen LogP contribution >= 0.6 is 0 Å². The zero-order valence-electron chi connectivity index (χ0n) is 10.8. The molecule has 0 aromatic carbocycles. The third kappa shape index (κ3) is 1.98. The summed E-state index contributed by atoms with van der Waals surface area (Å²) in [5.41, 5.74) is -0.631. The summed E-state index contributed by atoms with van der Waals surface area (Å²) >= 11 is 0. The second-order valence-electron chi connectivity index (χ2n) is 4.96. The van der Waals surface area contributed by atoms with Crippen LogP contribution in [-0.2, 0) is 14.2 Å². The Kier molecular flexibility index (Phi) is 4.03. The highest BCUT2D eigenvalue weighted by atomic mass is 16.6. The summed E-state index contributed by atoms with van der Waals surface area (Å²) in [6.45, 7) is 3.69. The van der Waals surface area contributed by atoms with Crippen molar-refractivity contribution < 1.29 is 24.4 Å². The van der Waals surface area contributed by atoms with Crippen LogP contribution in [0, 0.1) is 5.92 Å². The summed E-state index contributed by atoms with van der Waals surface area (Å²) in [7, 11) is 3.15. The minimum Gasteiger partial charge on any atom is -0.394 e. The highest BCUT2D eigenvalue weighted by Gasteiger charge is 2.68. The van der Waals surface area contributed by atoms with Gasteiger partial charge in [-0.05, 0) is 6.72 Å². The molecule has 6 atom stereocenters. The molecular formula is C12H21NO5. The van der Waals surface area contributed by atoms with Gasteiger partial charge in [-0.1, -0.05) is 0 Å². The number of ether oxygens (including phenoxy) is 3. The van der Waals surface area contributed by atoms with Gasteiger partial charge in [-0.25, -0.2) is 0 Å². The van der Waals surface area contributed by atoms with Gasteiger partial charge < -0.3 is 24.4 Å². The van der Waals surface area contributed by atoms with Gasteiger partial charge >= 0.3 is 0 Å². The fraction of sp³-hybridized carbons (Fsp3) is 0.917. The SMILES string of the molecule is C=NC1[C@@H](O)C(COC)[C@@H](CO)OC12CC2OC. The predicted octanol–water partition coefficient (Wildman–Crippen LogP) is -0.772. The number of aliphatic hydroxyl groups excluding tert-OH is 2. The molecule has 0 bridgehead atoms. The Morgan fingerprint density at radius 2 is 2.22 bits per heavy atom. The number of hydrogen-bond acceptors (Lipinski definition) is 6. The van der Waals surface area contributed by atoms with Crippen LogP contribution in [0.5, 0.6) is 0 Å². The van der Waals surface area contributed by atoms with E-state index in [2.05, 4.69) is 11.7 Å². The van der Waals surface area contributed by atoms with Gasteiger partial charge in [0.1, 0.15) is 11.6 Å². The van der Waals surface area contributed by atoms with Crippen molar-refractivity contribution in [1.82, 2.24) is 0 Å². The van der Waals surface area contributed by atoms with Crippen LogP contribution in [0.1, 0.15) is 6.42 Å². The summed E-state index contributed by atoms with van der Waals surface area (Å²) in [6, 6.07) is -0.439. The molecule has 104 valence electrons. The first-order valence-corrected chi connectivity index (χ1v) is 6.09. The van der Waals surface area contributed by atoms with Crippen molar-refractivity contribution >= 4 is 6.72 Å². The lowest BCUT2D eigenvalue weighted by Crippen LogP contribution is -2.58. The van der Waals surface area contributed by atoms with Gasteiger partial charge in [-0.15, -0.1) is 0 Å². The third-order valence-corrected chi connectivity index (χ3v) is 4.02. The first-order chi connectivity index (χ1) is 8.64. The van der Waals surface area contributed by atoms with E-state index in [4.69, 9.17) is 14.2 Å². The average molecular weight is 259 g/mol. The molecule has 0 radical (unpaired) electrons. The molecule has 1 spiro atoms. The van der Waals surface area contributed by atoms with Gasteiger partial charge in [0.2, 0.25) is 0 Å². The van der Waals surface area contributed by atoms with Gasteiger partial charge in [0, 0.05) is 26.6 Å². The van der Waals surface area contributed by atoms with Crippen molar-refractivity contribution in [2.45, 2.75) is 36.4 Å². The molecule has 0 amide bonds. The van der Waals surface area contributed by atoms with Crippen LogP contribution < -0.4 is 0 Å². The molecular weight excluding hydrogens is 238 g/mol. The van der Waals surface area contributed by atoms with Crippen LogP contribution in [0.2, 0.25) is 0 Å². The van der Waals surface area contributed by atoms with Crippen molar-refractivity contribution in [3.05, 3.63) is 0 Å². The molecule has 0 aromatic rings. The number of hydrogen-bond donors (Lipinski definition) is 2. The lowest BCUT2D eigenvalue weighted by molar-refractivity contribution is -0.194. The maximum Gasteiger partial charge on any atom is 0.122 e. The van der Waals surface area contributed by atoms with E-state index in [-0.39, 0.29) is 18.6 Å². The Morgan fingerprint density at radius 3 is 2.67 bits per heavy atom. The molecule has 1 saturated carbocycles. The minimum absolute atomic E-state index is 0.0970. The molecule has 2 fully saturated rings. The summed E-state index contributed by atoms with van der Waals surface area (Å²) < 4.78 is 16.3. The van der Waals surface area contributed by atoms with Crippen LogP contribution in [0.25, 0.3) is 0 Å². The number of aliphatic hydroxyl groups is 2. The summed E-state index contributed by atoms with van der Waals surface area (Å²) in [4.78, 5) is 4.00. The summed E-state index contributed by atoms with van der Waals surface area (Å²) in [5.74, 6) is -0.306. The first-order valence-electron chi connectivity index (χ1n) is 6.09. The summed E-state index contributed by atoms with van der Waals surface area (Å²) in [5, 5.41) is 19.8. The van der Waals surface area contributed by atoms with Crippen molar-refractivity contribution in [3.63, 3.8) is 0 Å². The fourth-order valence-electron chi connectivity index (χ4n) is 2.96. The Morgan fingerprint density at radius 1 is 1.50 bits per heavy atom. The molecule has 18 heavy (non-hydrogen) atoms. The largest absolute Gasteiger partial charge is 0.394 e. The van der Waals surface area contributed by atoms with E-state index < -0.39 is 23.9 Å². The highest BCUT2D eigenvalue weighted by molar-refractivity contribution is 5.30. The Bertz CT molecular complexity index is 313. The zero-order chi connectivity index (χ0) is 13.3. The van der Waals surface area contributed by atoms with E-state index in [1.807, 2.05) is 0 Å². The molecule has 1 saturated heterocycles. The standard InChI is InChI=1S/C12H21NO5/c1-13-11-10(15)7(6-16-2)8(5-14)18-12(11)4-9(12)17-3/h7-11,14-15H,1,4-6H2,2-3H3/t7?,8-,9?,10+,11?,12?/m1/s1. The smallest absolute Gasteiger partial charge is 0.122 e. The van der Waals surface area contributed by atoms with Crippen LogP contribution in [0.4, 0.5) is 0 Å². The lowest BCUT2D eigenvalue weighted by Gasteiger charge is -2.43. The van der Waals surface area contributed by atoms with E-state index >= 15 is 0 Å². The van der Waals surface area contributed by atoms with Crippen LogP contribution in [0.15, 0.2) is 4.99 Å². The number of methoxy groups -OCH3 is 2. The molecule has 1 aliphatic carbocycles. The van der Waals surface area contributed by atoms with Gasteiger partial charge in [0.05, 0.1) is 31.5 Å². The second kappa shape index (κ2) is 5.22. The van der Waals surface area contributed by atoms with Crippen LogP contribution in [-0.4, -0.2) is 74.3 Å². The van der Waals surface area contributed by atoms with E-state index in [9.17, 15) is 10.2 Å². The van der Waals surface area contributed by atoms with Crippen molar-refractivity contribution in [2.24, 2.45) is 10.9 Å². The van der Waals surface area contributed by atoms with E-state index in [0.717, 1.165) is 0 Å². The predicted molar refractivity (Wildman–Crippen MR) is 64.8 cm³/mol. The van der Waals surface area contributed by atoms with Gasteiger partial charge in [0.15, 0.2) is 0 Å². The Hall–Kier alpha value is -0.530. The lowest BCUT2D eigenvalue weighted by atomic mass is 9.84. The molecule has 2 N–H and O–H groups in total. The molecule has 0 aromatic heterocycles. The first kappa shape index (κ1) is 13.9. The van der Waals surface area contributed by atoms with Crippen LogP contribution in [0.3, 0.4) is 0 Å². The van der Waals surface area contributed by atoms with Gasteiger partial charge in [0.25, 0.3) is 0 Å². The fourth-order valence-corrected chi connectivity index (χ4v) is 2.96. The van der Waals surface area contributed by atoms with E-state index in [1.165, 1.54) is 0 Å². The average Bonchev–Trinajstić information content (AvgIpc) is 3.07. The van der Waals surface area contributed by atoms with Crippen molar-refractivity contribution in [2.75, 3.05) is 27.4 Å². The quantitative estimate of drug-likeness (QED) is 0.634. The summed E-state index contributed by atoms with van der Waals surface area (Å²) in [6.07, 6.45) is -0.632. The van der Waals surface area contributed by atoms with Crippen molar-refractivity contribution in [1.29, 1.82) is 0 Å². The highest BCUT2D eigenvalue weighted by Crippen LogP contribution is 2.52. The van der Waals surface area contributed by atoms with Gasteiger partial charge in [-0.3, -0.25) is 4.99 Å². The molecule has 2 rings (SSSR count). The number of rotatable bonds is 5. The maximum atomic E-state index is 10.4. The van der Waals surface area contributed by atoms with Crippen molar-refractivity contribution in [3.8, 4) is 0 Å². The topological polar surface area (TPSA) is 80.5 Å². The Labute approximate surface area is 107 Å². The molecule has 1 aliphatic heterocycles. The Balaban J connectivity index is 2.20. The number of nitrogens with zero attached hydrogens (tertiary/aromatic N) is 1. The second-order valence-corrected chi connectivity index (χ2v) is 4.96. The maximum absolute atomic E-state index is 10.4. The molecule has 4 unspecified atom stereocenters. The monoisotopic (exact) mass is 259 g/mol.